The van der Waals surface area contributed by atoms with Crippen LogP contribution in [0.25, 0.3) is 0 Å². The molecule has 109 heavy (non-hydrogen) atoms. The number of carbonyl (C=O) groups is 4. The summed E-state index contributed by atoms with van der Waals surface area (Å²) in [7, 11) is -9.94. The van der Waals surface area contributed by atoms with Crippen molar-refractivity contribution < 1.29 is 80.2 Å². The van der Waals surface area contributed by atoms with Gasteiger partial charge in [-0.3, -0.25) is 37.3 Å². The molecule has 0 aliphatic heterocycles. The lowest BCUT2D eigenvalue weighted by molar-refractivity contribution is -0.161. The number of phosphoric ester groups is 2. The van der Waals surface area contributed by atoms with Crippen molar-refractivity contribution in [3.05, 3.63) is 0 Å². The summed E-state index contributed by atoms with van der Waals surface area (Å²) in [6.07, 6.45) is 69.5. The van der Waals surface area contributed by atoms with Crippen molar-refractivity contribution in [3.8, 4) is 0 Å². The predicted octanol–water partition coefficient (Wildman–Crippen LogP) is 27.5. The van der Waals surface area contributed by atoms with Gasteiger partial charge >= 0.3 is 39.5 Å². The Morgan fingerprint density at radius 2 is 0.440 bits per heavy atom. The summed E-state index contributed by atoms with van der Waals surface area (Å²) in [5.74, 6) is 1.13. The van der Waals surface area contributed by atoms with Gasteiger partial charge in [0.25, 0.3) is 0 Å². The molecule has 0 aromatic heterocycles. The van der Waals surface area contributed by atoms with E-state index >= 15 is 0 Å². The topological polar surface area (TPSA) is 237 Å². The fourth-order valence-corrected chi connectivity index (χ4v) is 15.5. The average molecular weight is 1590 g/mol. The maximum atomic E-state index is 13.2. The Hall–Kier alpha value is -1.94. The first kappa shape index (κ1) is 107. The van der Waals surface area contributed by atoms with Crippen LogP contribution in [0.5, 0.6) is 0 Å². The van der Waals surface area contributed by atoms with Crippen LogP contribution in [-0.4, -0.2) is 96.7 Å². The third-order valence-corrected chi connectivity index (χ3v) is 23.7. The lowest BCUT2D eigenvalue weighted by Gasteiger charge is -2.21. The summed E-state index contributed by atoms with van der Waals surface area (Å²) in [5, 5.41) is 10.7. The van der Waals surface area contributed by atoms with Crippen molar-refractivity contribution >= 4 is 39.5 Å². The lowest BCUT2D eigenvalue weighted by atomic mass is 9.99. The first-order valence-electron chi connectivity index (χ1n) is 46.3. The van der Waals surface area contributed by atoms with Gasteiger partial charge in [-0.2, -0.15) is 0 Å². The Bertz CT molecular complexity index is 2110. The molecule has 7 atom stereocenters. The highest BCUT2D eigenvalue weighted by Gasteiger charge is 2.31. The molecule has 0 saturated heterocycles. The van der Waals surface area contributed by atoms with Crippen molar-refractivity contribution in [2.24, 2.45) is 23.7 Å². The molecule has 0 aromatic carbocycles. The summed E-state index contributed by atoms with van der Waals surface area (Å²) in [6.45, 7) is 14.4. The number of hydrogen-bond donors (Lipinski definition) is 3. The second-order valence-electron chi connectivity index (χ2n) is 33.8. The molecule has 0 aliphatic rings. The Morgan fingerprint density at radius 3 is 0.651 bits per heavy atom. The Kier molecular flexibility index (Phi) is 77.2. The molecular formula is C90H176O17P2. The van der Waals surface area contributed by atoms with Gasteiger partial charge in [0.05, 0.1) is 26.4 Å². The largest absolute Gasteiger partial charge is 0.472 e. The number of esters is 4. The zero-order valence-corrected chi connectivity index (χ0v) is 74.0. The van der Waals surface area contributed by atoms with Crippen molar-refractivity contribution in [3.63, 3.8) is 0 Å². The first-order valence-corrected chi connectivity index (χ1v) is 49.3. The molecule has 0 fully saturated rings. The second-order valence-corrected chi connectivity index (χ2v) is 36.7. The van der Waals surface area contributed by atoms with Crippen molar-refractivity contribution in [1.82, 2.24) is 0 Å². The van der Waals surface area contributed by atoms with Crippen molar-refractivity contribution in [1.29, 1.82) is 0 Å². The third-order valence-electron chi connectivity index (χ3n) is 21.8. The molecule has 0 aliphatic carbocycles. The molecule has 0 bridgehead atoms. The highest BCUT2D eigenvalue weighted by Crippen LogP contribution is 2.45. The normalized spacial score (nSPS) is 14.4. The van der Waals surface area contributed by atoms with Crippen LogP contribution in [0.1, 0.15) is 473 Å². The van der Waals surface area contributed by atoms with Gasteiger partial charge in [-0.1, -0.05) is 421 Å². The van der Waals surface area contributed by atoms with Crippen LogP contribution in [0.15, 0.2) is 0 Å². The average Bonchev–Trinajstić information content (AvgIpc) is 0.893. The number of rotatable bonds is 87. The van der Waals surface area contributed by atoms with Crippen LogP contribution in [0.4, 0.5) is 0 Å². The zero-order valence-electron chi connectivity index (χ0n) is 72.2. The minimum atomic E-state index is -4.97. The molecule has 0 aromatic rings. The fourth-order valence-electron chi connectivity index (χ4n) is 14.0. The van der Waals surface area contributed by atoms with Crippen LogP contribution in [0.3, 0.4) is 0 Å². The van der Waals surface area contributed by atoms with E-state index in [0.29, 0.717) is 31.6 Å². The van der Waals surface area contributed by atoms with Crippen LogP contribution < -0.4 is 0 Å². The Labute approximate surface area is 670 Å². The predicted molar refractivity (Wildman–Crippen MR) is 451 cm³/mol. The van der Waals surface area contributed by atoms with Gasteiger partial charge in [0.1, 0.15) is 19.3 Å². The SMILES string of the molecule is CCC(C)CCCCCCCCCCCCCCCCCCCCC(=O)OC[C@H](COP(=O)(O)OCC(O)COP(=O)(O)OC[C@@H](COC(=O)CCCCCCCCCC(C)C)OC(=O)CCCCCCCCCCCCCCCCCCC(C)C)OC(=O)CCCCCCCCCCCCCCCCC(C)CC. The minimum Gasteiger partial charge on any atom is -0.462 e. The molecule has 5 unspecified atom stereocenters. The van der Waals surface area contributed by atoms with E-state index in [4.69, 9.17) is 37.0 Å². The van der Waals surface area contributed by atoms with Crippen LogP contribution >= 0.6 is 15.6 Å². The Balaban J connectivity index is 5.22. The Morgan fingerprint density at radius 1 is 0.257 bits per heavy atom. The quantitative estimate of drug-likeness (QED) is 0.0222. The van der Waals surface area contributed by atoms with Gasteiger partial charge in [0, 0.05) is 25.7 Å². The van der Waals surface area contributed by atoms with E-state index in [-0.39, 0.29) is 25.7 Å². The number of hydrogen-bond acceptors (Lipinski definition) is 15. The monoisotopic (exact) mass is 1590 g/mol. The number of ether oxygens (including phenoxy) is 4. The van der Waals surface area contributed by atoms with Gasteiger partial charge in [-0.05, 0) is 49.4 Å². The van der Waals surface area contributed by atoms with E-state index in [2.05, 4.69) is 55.4 Å². The summed E-state index contributed by atoms with van der Waals surface area (Å²) in [4.78, 5) is 73.3. The van der Waals surface area contributed by atoms with E-state index in [1.807, 2.05) is 0 Å². The molecule has 0 amide bonds. The summed E-state index contributed by atoms with van der Waals surface area (Å²) < 4.78 is 69.0. The highest BCUT2D eigenvalue weighted by atomic mass is 31.2. The number of aliphatic hydroxyl groups is 1. The molecule has 17 nitrogen and oxygen atoms in total. The number of aliphatic hydroxyl groups excluding tert-OH is 1. The molecule has 3 N–H and O–H groups in total. The first-order chi connectivity index (χ1) is 52.7. The van der Waals surface area contributed by atoms with E-state index in [1.54, 1.807) is 0 Å². The molecule has 0 spiro atoms. The standard InChI is InChI=1S/C90H176O17P2/c1-9-82(7)68-60-52-44-36-30-24-18-13-11-12-14-19-26-32-38-46-54-62-70-87(92)100-76-85(106-89(94)73-65-57-48-40-34-28-22-21-25-31-37-45-53-61-69-83(8)10-2)78-104-108(96,97)102-74-84(91)75-103-109(98,99)105-79-86(77-101-88(93)71-63-55-49-41-43-51-59-67-81(5)6)107-90(95)72-64-56-47-39-33-27-20-16-15-17-23-29-35-42-50-58-66-80(3)4/h80-86,91H,9-79H2,1-8H3,(H,96,97)(H,98,99)/t82?,83?,84?,85-,86-/m1/s1. The maximum Gasteiger partial charge on any atom is 0.472 e. The fraction of sp³-hybridized carbons (Fsp3) is 0.956. The number of carbonyl (C=O) groups excluding carboxylic acids is 4. The maximum absolute atomic E-state index is 13.2. The molecular weight excluding hydrogens is 1410 g/mol. The van der Waals surface area contributed by atoms with Gasteiger partial charge in [-0.15, -0.1) is 0 Å². The zero-order chi connectivity index (χ0) is 80.2. The lowest BCUT2D eigenvalue weighted by Crippen LogP contribution is -2.30. The van der Waals surface area contributed by atoms with E-state index < -0.39 is 97.5 Å². The smallest absolute Gasteiger partial charge is 0.462 e. The van der Waals surface area contributed by atoms with Crippen LogP contribution in [0, 0.1) is 23.7 Å². The van der Waals surface area contributed by atoms with E-state index in [9.17, 15) is 43.2 Å². The van der Waals surface area contributed by atoms with Crippen molar-refractivity contribution in [2.75, 3.05) is 39.6 Å². The molecule has 19 heteroatoms. The van der Waals surface area contributed by atoms with Crippen LogP contribution in [0.2, 0.25) is 0 Å². The summed E-state index contributed by atoms with van der Waals surface area (Å²) in [5.41, 5.74) is 0. The highest BCUT2D eigenvalue weighted by molar-refractivity contribution is 7.47. The van der Waals surface area contributed by atoms with E-state index in [0.717, 1.165) is 114 Å². The summed E-state index contributed by atoms with van der Waals surface area (Å²) >= 11 is 0. The van der Waals surface area contributed by atoms with Gasteiger partial charge in [-0.25, -0.2) is 9.13 Å². The van der Waals surface area contributed by atoms with Crippen LogP contribution in [-0.2, 0) is 65.4 Å². The molecule has 0 saturated carbocycles. The van der Waals surface area contributed by atoms with Gasteiger partial charge in [0.15, 0.2) is 12.2 Å². The number of unbranched alkanes of at least 4 members (excludes halogenated alkanes) is 51. The molecule has 0 rings (SSSR count). The van der Waals surface area contributed by atoms with Gasteiger partial charge < -0.3 is 33.8 Å². The summed E-state index contributed by atoms with van der Waals surface area (Å²) in [6, 6.07) is 0. The second kappa shape index (κ2) is 78.6. The minimum absolute atomic E-state index is 0.107. The third kappa shape index (κ3) is 81.0. The van der Waals surface area contributed by atoms with E-state index in [1.165, 1.54) is 270 Å². The molecule has 648 valence electrons. The number of phosphoric acid groups is 2. The molecule has 0 radical (unpaired) electrons. The molecule has 0 heterocycles. The van der Waals surface area contributed by atoms with Crippen molar-refractivity contribution in [2.45, 2.75) is 491 Å². The van der Waals surface area contributed by atoms with Gasteiger partial charge in [0.2, 0.25) is 0 Å².